The molecule has 0 nitrogen and oxygen atoms in total. The van der Waals surface area contributed by atoms with Crippen LogP contribution in [0.2, 0.25) is 0 Å². The van der Waals surface area contributed by atoms with Crippen LogP contribution in [0.1, 0.15) is 0 Å². The van der Waals surface area contributed by atoms with Gasteiger partial charge in [-0.3, -0.25) is 0 Å². The summed E-state index contributed by atoms with van der Waals surface area (Å²) in [6, 6.07) is 0. The SMILES string of the molecule is [Cl-].[Cl-].[Cl-].[Fe+3].[I]. The first-order chi connectivity index (χ1) is 0. The van der Waals surface area contributed by atoms with Crippen molar-refractivity contribution in [2.75, 3.05) is 0 Å². The molecule has 0 heterocycles. The van der Waals surface area contributed by atoms with Gasteiger partial charge in [-0.25, -0.2) is 0 Å². The second-order valence-corrected chi connectivity index (χ2v) is 0. The number of hydrogen-bond acceptors (Lipinski definition) is 0. The van der Waals surface area contributed by atoms with Gasteiger partial charge in [0.05, 0.1) is 0 Å². The third-order valence-corrected chi connectivity index (χ3v) is 0. The predicted molar refractivity (Wildman–Crippen MR) is 14.0 cm³/mol. The van der Waals surface area contributed by atoms with Crippen molar-refractivity contribution in [2.24, 2.45) is 0 Å². The van der Waals surface area contributed by atoms with Crippen LogP contribution >= 0.6 is 24.0 Å². The van der Waals surface area contributed by atoms with Gasteiger partial charge in [0.1, 0.15) is 0 Å². The molecule has 0 atom stereocenters. The van der Waals surface area contributed by atoms with E-state index in [2.05, 4.69) is 0 Å². The van der Waals surface area contributed by atoms with Gasteiger partial charge in [-0.05, 0) is 0 Å². The van der Waals surface area contributed by atoms with Crippen molar-refractivity contribution in [3.05, 3.63) is 0 Å². The molecule has 0 unspecified atom stereocenters. The predicted octanol–water partition coefficient (Wildman–Crippen LogP) is -8.10. The molecule has 0 amide bonds. The summed E-state index contributed by atoms with van der Waals surface area (Å²) in [6.45, 7) is 0. The molecule has 5 heavy (non-hydrogen) atoms. The van der Waals surface area contributed by atoms with Gasteiger partial charge in [-0.1, -0.05) is 0 Å². The molecule has 0 spiro atoms. The maximum absolute atomic E-state index is 0. The molecule has 0 aliphatic rings. The molecule has 0 rings (SSSR count). The molecule has 0 fully saturated rings. The van der Waals surface area contributed by atoms with Crippen molar-refractivity contribution in [1.29, 1.82) is 0 Å². The van der Waals surface area contributed by atoms with E-state index in [1.165, 1.54) is 0 Å². The molecule has 0 saturated carbocycles. The quantitative estimate of drug-likeness (QED) is 0.307. The Labute approximate surface area is 77.6 Å². The van der Waals surface area contributed by atoms with E-state index < -0.39 is 0 Å². The third kappa shape index (κ3) is 23.1. The molecule has 0 aromatic heterocycles. The molecule has 36 valence electrons. The summed E-state index contributed by atoms with van der Waals surface area (Å²) < 4.78 is 0. The van der Waals surface area contributed by atoms with Crippen LogP contribution in [0.3, 0.4) is 0 Å². The average Bonchev–Trinajstić information content (AvgIpc) is 0. The third-order valence-electron chi connectivity index (χ3n) is 0. The monoisotopic (exact) mass is 288 g/mol. The van der Waals surface area contributed by atoms with Crippen molar-refractivity contribution < 1.29 is 54.3 Å². The van der Waals surface area contributed by atoms with Crippen LogP contribution in [-0.4, -0.2) is 0 Å². The van der Waals surface area contributed by atoms with Crippen LogP contribution in [0.25, 0.3) is 0 Å². The van der Waals surface area contributed by atoms with Crippen molar-refractivity contribution in [3.8, 4) is 0 Å². The Morgan fingerprint density at radius 1 is 0.600 bits per heavy atom. The fourth-order valence-electron chi connectivity index (χ4n) is 0. The van der Waals surface area contributed by atoms with E-state index in [1.807, 2.05) is 0 Å². The van der Waals surface area contributed by atoms with Crippen LogP contribution in [-0.2, 0) is 17.1 Å². The van der Waals surface area contributed by atoms with Gasteiger partial charge in [-0.15, -0.1) is 0 Å². The van der Waals surface area contributed by atoms with Crippen molar-refractivity contribution in [1.82, 2.24) is 0 Å². The fourth-order valence-corrected chi connectivity index (χ4v) is 0. The summed E-state index contributed by atoms with van der Waals surface area (Å²) in [7, 11) is 0. The molecule has 0 aliphatic carbocycles. The summed E-state index contributed by atoms with van der Waals surface area (Å²) >= 11 is 0. The van der Waals surface area contributed by atoms with Gasteiger partial charge in [0.2, 0.25) is 0 Å². The van der Waals surface area contributed by atoms with Gasteiger partial charge < -0.3 is 37.2 Å². The van der Waals surface area contributed by atoms with E-state index >= 15 is 0 Å². The Balaban J connectivity index is 0. The van der Waals surface area contributed by atoms with E-state index in [9.17, 15) is 0 Å². The van der Waals surface area contributed by atoms with Crippen LogP contribution in [0, 0.1) is 0 Å². The zero-order valence-electron chi connectivity index (χ0n) is 1.87. The zero-order chi connectivity index (χ0) is 0. The topological polar surface area (TPSA) is 0 Å². The molecular formula is Cl3FeI. The second kappa shape index (κ2) is 35.7. The van der Waals surface area contributed by atoms with E-state index in [0.717, 1.165) is 0 Å². The Hall–Kier alpha value is 2.12. The first kappa shape index (κ1) is 59.3. The molecular weight excluding hydrogens is 289 g/mol. The number of halogens is 4. The first-order valence-electron chi connectivity index (χ1n) is 0. The Bertz CT molecular complexity index is 6.85. The number of hydrogen-bond donors (Lipinski definition) is 0. The zero-order valence-corrected chi connectivity index (χ0v) is 7.39. The van der Waals surface area contributed by atoms with Crippen LogP contribution in [0.4, 0.5) is 0 Å². The minimum atomic E-state index is 0. The van der Waals surface area contributed by atoms with Gasteiger partial charge in [0, 0.05) is 24.0 Å². The minimum Gasteiger partial charge on any atom is -1.00 e. The van der Waals surface area contributed by atoms with Crippen LogP contribution in [0.5, 0.6) is 0 Å². The van der Waals surface area contributed by atoms with E-state index in [0.29, 0.717) is 0 Å². The van der Waals surface area contributed by atoms with E-state index in [4.69, 9.17) is 0 Å². The van der Waals surface area contributed by atoms with Gasteiger partial charge in [0.15, 0.2) is 0 Å². The summed E-state index contributed by atoms with van der Waals surface area (Å²) in [4.78, 5) is 0. The van der Waals surface area contributed by atoms with Gasteiger partial charge in [-0.2, -0.15) is 0 Å². The molecule has 0 aromatic carbocycles. The van der Waals surface area contributed by atoms with Crippen LogP contribution < -0.4 is 37.2 Å². The first-order valence-corrected chi connectivity index (χ1v) is 0. The summed E-state index contributed by atoms with van der Waals surface area (Å²) in [6.07, 6.45) is 0. The van der Waals surface area contributed by atoms with E-state index in [1.54, 1.807) is 0 Å². The summed E-state index contributed by atoms with van der Waals surface area (Å²) in [5.74, 6) is 0. The molecule has 0 aromatic rings. The maximum atomic E-state index is 0. The standard InChI is InChI=1S/3ClH.Fe.I/h3*1H;;/q;;;+3;/p-3. The normalized spacial score (nSPS) is 0. The Kier molecular flexibility index (Phi) is 424. The van der Waals surface area contributed by atoms with Crippen molar-refractivity contribution in [2.45, 2.75) is 0 Å². The Morgan fingerprint density at radius 2 is 0.600 bits per heavy atom. The average molecular weight is 289 g/mol. The molecule has 0 bridgehead atoms. The molecule has 5 heteroatoms. The Morgan fingerprint density at radius 3 is 0.600 bits per heavy atom. The molecule has 2 radical (unpaired) electrons. The molecule has 0 saturated heterocycles. The van der Waals surface area contributed by atoms with Gasteiger partial charge >= 0.3 is 17.1 Å². The minimum absolute atomic E-state index is 0. The maximum Gasteiger partial charge on any atom is 3.00 e. The van der Waals surface area contributed by atoms with Crippen molar-refractivity contribution in [3.63, 3.8) is 0 Å². The number of rotatable bonds is 0. The largest absolute Gasteiger partial charge is 3.00 e. The molecule has 0 N–H and O–H groups in total. The second-order valence-electron chi connectivity index (χ2n) is 0. The summed E-state index contributed by atoms with van der Waals surface area (Å²) in [5, 5.41) is 0. The fraction of sp³-hybridized carbons (Fsp3) is 0. The molecule has 0 aliphatic heterocycles. The van der Waals surface area contributed by atoms with Gasteiger partial charge in [0.25, 0.3) is 0 Å². The van der Waals surface area contributed by atoms with Crippen molar-refractivity contribution >= 4 is 24.0 Å². The van der Waals surface area contributed by atoms with E-state index in [-0.39, 0.29) is 78.3 Å². The summed E-state index contributed by atoms with van der Waals surface area (Å²) in [5.41, 5.74) is 0. The van der Waals surface area contributed by atoms with Crippen LogP contribution in [0.15, 0.2) is 0 Å². The smallest absolute Gasteiger partial charge is 1.00 e.